The third-order valence-corrected chi connectivity index (χ3v) is 4.20. The minimum Gasteiger partial charge on any atom is -0.497 e. The molecule has 0 bridgehead atoms. The van der Waals surface area contributed by atoms with Gasteiger partial charge in [0.2, 0.25) is 5.91 Å². The van der Waals surface area contributed by atoms with Crippen molar-refractivity contribution in [2.75, 3.05) is 13.4 Å². The summed E-state index contributed by atoms with van der Waals surface area (Å²) in [5.41, 5.74) is 2.07. The SMILES string of the molecule is CC#CC(CC(=O)NSC)c1ccc(OCc2ccc(OC)cc2)cc1. The van der Waals surface area contributed by atoms with Crippen LogP contribution >= 0.6 is 11.9 Å². The Morgan fingerprint density at radius 3 is 2.35 bits per heavy atom. The van der Waals surface area contributed by atoms with Gasteiger partial charge in [0.15, 0.2) is 0 Å². The van der Waals surface area contributed by atoms with Crippen LogP contribution in [0.5, 0.6) is 11.5 Å². The van der Waals surface area contributed by atoms with Crippen molar-refractivity contribution in [2.45, 2.75) is 25.9 Å². The lowest BCUT2D eigenvalue weighted by Gasteiger charge is -2.12. The van der Waals surface area contributed by atoms with Crippen molar-refractivity contribution in [3.63, 3.8) is 0 Å². The van der Waals surface area contributed by atoms with Crippen LogP contribution in [0.4, 0.5) is 0 Å². The molecule has 0 saturated carbocycles. The zero-order chi connectivity index (χ0) is 18.8. The van der Waals surface area contributed by atoms with Crippen molar-refractivity contribution in [3.8, 4) is 23.3 Å². The number of benzene rings is 2. The molecule has 26 heavy (non-hydrogen) atoms. The van der Waals surface area contributed by atoms with Gasteiger partial charge < -0.3 is 14.2 Å². The second-order valence-electron chi connectivity index (χ2n) is 5.59. The Bertz CT molecular complexity index is 761. The summed E-state index contributed by atoms with van der Waals surface area (Å²) in [5, 5.41) is 0. The van der Waals surface area contributed by atoms with E-state index in [4.69, 9.17) is 9.47 Å². The molecule has 4 nitrogen and oxygen atoms in total. The molecular formula is C21H23NO3S. The van der Waals surface area contributed by atoms with Gasteiger partial charge >= 0.3 is 0 Å². The lowest BCUT2D eigenvalue weighted by Crippen LogP contribution is -2.17. The van der Waals surface area contributed by atoms with Crippen LogP contribution in [0.1, 0.15) is 30.4 Å². The smallest absolute Gasteiger partial charge is 0.231 e. The fraction of sp³-hybridized carbons (Fsp3) is 0.286. The fourth-order valence-electron chi connectivity index (χ4n) is 2.45. The van der Waals surface area contributed by atoms with Crippen molar-refractivity contribution < 1.29 is 14.3 Å². The summed E-state index contributed by atoms with van der Waals surface area (Å²) in [6.45, 7) is 2.27. The molecule has 1 atom stereocenters. The number of nitrogens with one attached hydrogen (secondary N) is 1. The summed E-state index contributed by atoms with van der Waals surface area (Å²) >= 11 is 1.30. The maximum absolute atomic E-state index is 11.8. The highest BCUT2D eigenvalue weighted by Gasteiger charge is 2.13. The first-order chi connectivity index (χ1) is 12.7. The summed E-state index contributed by atoms with van der Waals surface area (Å²) in [6, 6.07) is 15.5. The molecule has 0 heterocycles. The largest absolute Gasteiger partial charge is 0.497 e. The standard InChI is InChI=1S/C21H23NO3S/c1-4-5-18(14-21(23)22-26-3)17-8-12-20(13-9-17)25-15-16-6-10-19(24-2)11-7-16/h6-13,18H,14-15H2,1-3H3,(H,22,23). The second kappa shape index (κ2) is 10.4. The number of rotatable bonds is 8. The Balaban J connectivity index is 1.98. The quantitative estimate of drug-likeness (QED) is 0.560. The van der Waals surface area contributed by atoms with Gasteiger partial charge in [-0.2, -0.15) is 0 Å². The maximum Gasteiger partial charge on any atom is 0.231 e. The Morgan fingerprint density at radius 2 is 1.77 bits per heavy atom. The van der Waals surface area contributed by atoms with Crippen LogP contribution in [0.15, 0.2) is 48.5 Å². The van der Waals surface area contributed by atoms with E-state index < -0.39 is 0 Å². The molecule has 1 unspecified atom stereocenters. The van der Waals surface area contributed by atoms with E-state index in [1.165, 1.54) is 11.9 Å². The molecule has 5 heteroatoms. The molecular weight excluding hydrogens is 346 g/mol. The molecule has 2 rings (SSSR count). The van der Waals surface area contributed by atoms with Crippen LogP contribution in [0, 0.1) is 11.8 Å². The van der Waals surface area contributed by atoms with E-state index in [1.807, 2.05) is 54.8 Å². The van der Waals surface area contributed by atoms with Gasteiger partial charge in [0.1, 0.15) is 18.1 Å². The fourth-order valence-corrected chi connectivity index (χ4v) is 2.76. The number of carbonyl (C=O) groups is 1. The topological polar surface area (TPSA) is 47.6 Å². The minimum absolute atomic E-state index is 0.0231. The van der Waals surface area contributed by atoms with E-state index in [0.29, 0.717) is 13.0 Å². The molecule has 0 radical (unpaired) electrons. The van der Waals surface area contributed by atoms with Gasteiger partial charge in [0.05, 0.1) is 13.0 Å². The van der Waals surface area contributed by atoms with Crippen molar-refractivity contribution in [2.24, 2.45) is 0 Å². The first kappa shape index (κ1) is 19.7. The van der Waals surface area contributed by atoms with Gasteiger partial charge in [-0.15, -0.1) is 5.92 Å². The number of methoxy groups -OCH3 is 1. The average Bonchev–Trinajstić information content (AvgIpc) is 2.67. The van der Waals surface area contributed by atoms with Crippen LogP contribution in [0.25, 0.3) is 0 Å². The highest BCUT2D eigenvalue weighted by Crippen LogP contribution is 2.23. The molecule has 0 saturated heterocycles. The maximum atomic E-state index is 11.8. The molecule has 0 aliphatic carbocycles. The van der Waals surface area contributed by atoms with Crippen LogP contribution < -0.4 is 14.2 Å². The molecule has 0 aliphatic rings. The Kier molecular flexibility index (Phi) is 7.91. The Hall–Kier alpha value is -2.58. The second-order valence-corrected chi connectivity index (χ2v) is 6.20. The normalized spacial score (nSPS) is 11.0. The minimum atomic E-state index is -0.122. The van der Waals surface area contributed by atoms with Gasteiger partial charge in [-0.05, 0) is 42.3 Å². The first-order valence-electron chi connectivity index (χ1n) is 8.26. The van der Waals surface area contributed by atoms with Gasteiger partial charge in [-0.25, -0.2) is 0 Å². The predicted octanol–water partition coefficient (Wildman–Crippen LogP) is 4.17. The zero-order valence-electron chi connectivity index (χ0n) is 15.2. The van der Waals surface area contributed by atoms with Gasteiger partial charge in [-0.1, -0.05) is 42.1 Å². The van der Waals surface area contributed by atoms with Crippen molar-refractivity contribution in [1.82, 2.24) is 4.72 Å². The van der Waals surface area contributed by atoms with E-state index in [1.54, 1.807) is 14.0 Å². The van der Waals surface area contributed by atoms with Crippen LogP contribution in [-0.2, 0) is 11.4 Å². The zero-order valence-corrected chi connectivity index (χ0v) is 16.1. The summed E-state index contributed by atoms with van der Waals surface area (Å²) < 4.78 is 13.7. The number of hydrogen-bond acceptors (Lipinski definition) is 4. The van der Waals surface area contributed by atoms with Crippen LogP contribution in [0.3, 0.4) is 0 Å². The van der Waals surface area contributed by atoms with Crippen molar-refractivity contribution >= 4 is 17.9 Å². The molecule has 0 spiro atoms. The summed E-state index contributed by atoms with van der Waals surface area (Å²) in [6.07, 6.45) is 2.17. The number of carbonyl (C=O) groups excluding carboxylic acids is 1. The number of hydrogen-bond donors (Lipinski definition) is 1. The summed E-state index contributed by atoms with van der Waals surface area (Å²) in [4.78, 5) is 11.8. The Morgan fingerprint density at radius 1 is 1.12 bits per heavy atom. The van der Waals surface area contributed by atoms with E-state index in [0.717, 1.165) is 22.6 Å². The molecule has 1 N–H and O–H groups in total. The van der Waals surface area contributed by atoms with E-state index in [2.05, 4.69) is 16.6 Å². The first-order valence-corrected chi connectivity index (χ1v) is 9.48. The molecule has 0 fully saturated rings. The van der Waals surface area contributed by atoms with Crippen molar-refractivity contribution in [3.05, 3.63) is 59.7 Å². The van der Waals surface area contributed by atoms with Gasteiger partial charge in [-0.3, -0.25) is 4.79 Å². The average molecular weight is 369 g/mol. The predicted molar refractivity (Wildman–Crippen MR) is 106 cm³/mol. The highest BCUT2D eigenvalue weighted by molar-refractivity contribution is 7.97. The van der Waals surface area contributed by atoms with E-state index in [-0.39, 0.29) is 11.8 Å². The number of ether oxygens (including phenoxy) is 2. The lowest BCUT2D eigenvalue weighted by molar-refractivity contribution is -0.119. The van der Waals surface area contributed by atoms with Crippen LogP contribution in [0.2, 0.25) is 0 Å². The molecule has 0 aliphatic heterocycles. The molecule has 2 aromatic carbocycles. The highest BCUT2D eigenvalue weighted by atomic mass is 32.2. The lowest BCUT2D eigenvalue weighted by atomic mass is 9.96. The third-order valence-electron chi connectivity index (χ3n) is 3.77. The monoisotopic (exact) mass is 369 g/mol. The van der Waals surface area contributed by atoms with E-state index in [9.17, 15) is 4.79 Å². The van der Waals surface area contributed by atoms with Crippen LogP contribution in [-0.4, -0.2) is 19.3 Å². The van der Waals surface area contributed by atoms with E-state index >= 15 is 0 Å². The van der Waals surface area contributed by atoms with Gasteiger partial charge in [0, 0.05) is 12.7 Å². The summed E-state index contributed by atoms with van der Waals surface area (Å²) in [5.74, 6) is 7.47. The molecule has 0 aromatic heterocycles. The summed E-state index contributed by atoms with van der Waals surface area (Å²) in [7, 11) is 1.65. The molecule has 136 valence electrons. The Labute approximate surface area is 159 Å². The van der Waals surface area contributed by atoms with Gasteiger partial charge in [0.25, 0.3) is 0 Å². The van der Waals surface area contributed by atoms with Crippen molar-refractivity contribution in [1.29, 1.82) is 0 Å². The third kappa shape index (κ3) is 6.05. The molecule has 2 aromatic rings. The number of amides is 1. The molecule has 1 amide bonds.